The van der Waals surface area contributed by atoms with Crippen LogP contribution in [0.25, 0.3) is 10.8 Å². The van der Waals surface area contributed by atoms with Crippen LogP contribution in [0.5, 0.6) is 0 Å². The van der Waals surface area contributed by atoms with Crippen molar-refractivity contribution in [3.05, 3.63) is 76.2 Å². The molecular formula is C19H19N3O2. The van der Waals surface area contributed by atoms with Gasteiger partial charge in [-0.05, 0) is 18.1 Å². The standard InChI is InChI=1S/C19H19N3O2/c1-2-14(13-8-4-3-5-9-13)18(23)20-12-17-15-10-6-7-11-16(15)19(24)22-21-17/h3-11,14H,2,12H2,1H3,(H,20,23)(H,22,24)/t14-/m0/s1. The number of carbonyl (C=O) groups excluding carboxylic acids is 1. The number of H-pyrrole nitrogens is 1. The van der Waals surface area contributed by atoms with Crippen LogP contribution in [0.15, 0.2) is 59.4 Å². The van der Waals surface area contributed by atoms with Crippen molar-refractivity contribution in [2.24, 2.45) is 0 Å². The van der Waals surface area contributed by atoms with Crippen molar-refractivity contribution < 1.29 is 4.79 Å². The lowest BCUT2D eigenvalue weighted by Crippen LogP contribution is -2.29. The molecule has 0 aliphatic rings. The maximum absolute atomic E-state index is 12.5. The highest BCUT2D eigenvalue weighted by molar-refractivity contribution is 5.85. The quantitative estimate of drug-likeness (QED) is 0.759. The summed E-state index contributed by atoms with van der Waals surface area (Å²) in [4.78, 5) is 24.3. The molecule has 2 aromatic carbocycles. The molecular weight excluding hydrogens is 302 g/mol. The molecule has 0 aliphatic carbocycles. The van der Waals surface area contributed by atoms with Gasteiger partial charge in [-0.1, -0.05) is 55.5 Å². The van der Waals surface area contributed by atoms with Crippen LogP contribution in [0, 0.1) is 0 Å². The molecule has 0 saturated carbocycles. The Bertz CT molecular complexity index is 903. The Morgan fingerprint density at radius 3 is 2.46 bits per heavy atom. The highest BCUT2D eigenvalue weighted by Gasteiger charge is 2.18. The van der Waals surface area contributed by atoms with E-state index in [-0.39, 0.29) is 23.9 Å². The van der Waals surface area contributed by atoms with E-state index in [4.69, 9.17) is 0 Å². The fourth-order valence-electron chi connectivity index (χ4n) is 2.86. The first kappa shape index (κ1) is 15.9. The van der Waals surface area contributed by atoms with E-state index in [1.54, 1.807) is 6.07 Å². The van der Waals surface area contributed by atoms with Crippen molar-refractivity contribution in [3.8, 4) is 0 Å². The number of carbonyl (C=O) groups is 1. The van der Waals surface area contributed by atoms with Crippen LogP contribution in [0.3, 0.4) is 0 Å². The topological polar surface area (TPSA) is 74.8 Å². The molecule has 3 rings (SSSR count). The van der Waals surface area contributed by atoms with Crippen LogP contribution in [0.2, 0.25) is 0 Å². The lowest BCUT2D eigenvalue weighted by Gasteiger charge is -2.15. The van der Waals surface area contributed by atoms with Crippen LogP contribution in [0.4, 0.5) is 0 Å². The van der Waals surface area contributed by atoms with Crippen molar-refractivity contribution in [3.63, 3.8) is 0 Å². The summed E-state index contributed by atoms with van der Waals surface area (Å²) >= 11 is 0. The van der Waals surface area contributed by atoms with Crippen LogP contribution in [-0.2, 0) is 11.3 Å². The predicted octanol–water partition coefficient (Wildman–Crippen LogP) is 2.73. The van der Waals surface area contributed by atoms with E-state index in [1.165, 1.54) is 0 Å². The predicted molar refractivity (Wildman–Crippen MR) is 93.7 cm³/mol. The molecule has 0 spiro atoms. The minimum Gasteiger partial charge on any atom is -0.350 e. The van der Waals surface area contributed by atoms with Gasteiger partial charge in [0.1, 0.15) is 0 Å². The zero-order valence-corrected chi connectivity index (χ0v) is 13.5. The first-order chi connectivity index (χ1) is 11.7. The smallest absolute Gasteiger partial charge is 0.272 e. The number of fused-ring (bicyclic) bond motifs is 1. The second kappa shape index (κ2) is 7.08. The average Bonchev–Trinajstić information content (AvgIpc) is 2.63. The molecule has 5 heteroatoms. The number of aromatic nitrogens is 2. The van der Waals surface area contributed by atoms with Gasteiger partial charge in [-0.15, -0.1) is 0 Å². The summed E-state index contributed by atoms with van der Waals surface area (Å²) in [5.41, 5.74) is 1.43. The Kier molecular flexibility index (Phi) is 4.70. The molecule has 24 heavy (non-hydrogen) atoms. The molecule has 5 nitrogen and oxygen atoms in total. The third-order valence-electron chi connectivity index (χ3n) is 4.13. The van der Waals surface area contributed by atoms with Crippen molar-refractivity contribution >= 4 is 16.7 Å². The largest absolute Gasteiger partial charge is 0.350 e. The zero-order valence-electron chi connectivity index (χ0n) is 13.5. The van der Waals surface area contributed by atoms with Gasteiger partial charge in [0.15, 0.2) is 0 Å². The third-order valence-corrected chi connectivity index (χ3v) is 4.13. The SMILES string of the molecule is CC[C@H](C(=O)NCc1n[nH]c(=O)c2ccccc12)c1ccccc1. The van der Waals surface area contributed by atoms with E-state index in [9.17, 15) is 9.59 Å². The number of aromatic amines is 1. The second-order valence-corrected chi connectivity index (χ2v) is 5.63. The molecule has 3 aromatic rings. The first-order valence-corrected chi connectivity index (χ1v) is 7.99. The number of hydrogen-bond donors (Lipinski definition) is 2. The molecule has 1 amide bonds. The molecule has 0 unspecified atom stereocenters. The molecule has 1 heterocycles. The van der Waals surface area contributed by atoms with E-state index in [0.29, 0.717) is 11.1 Å². The Hall–Kier alpha value is -2.95. The summed E-state index contributed by atoms with van der Waals surface area (Å²) in [5, 5.41) is 10.8. The van der Waals surface area contributed by atoms with Crippen LogP contribution in [-0.4, -0.2) is 16.1 Å². The fourth-order valence-corrected chi connectivity index (χ4v) is 2.86. The molecule has 0 bridgehead atoms. The maximum atomic E-state index is 12.5. The summed E-state index contributed by atoms with van der Waals surface area (Å²) in [6.07, 6.45) is 0.718. The van der Waals surface area contributed by atoms with Crippen molar-refractivity contribution in [2.45, 2.75) is 25.8 Å². The molecule has 2 N–H and O–H groups in total. The minimum atomic E-state index is -0.226. The van der Waals surface area contributed by atoms with Gasteiger partial charge < -0.3 is 5.32 Å². The zero-order chi connectivity index (χ0) is 16.9. The lowest BCUT2D eigenvalue weighted by atomic mass is 9.95. The van der Waals surface area contributed by atoms with Crippen LogP contribution in [0.1, 0.15) is 30.5 Å². The average molecular weight is 321 g/mol. The number of amides is 1. The highest BCUT2D eigenvalue weighted by Crippen LogP contribution is 2.19. The van der Waals surface area contributed by atoms with Gasteiger partial charge >= 0.3 is 0 Å². The van der Waals surface area contributed by atoms with E-state index < -0.39 is 0 Å². The Morgan fingerprint density at radius 2 is 1.75 bits per heavy atom. The van der Waals surface area contributed by atoms with E-state index >= 15 is 0 Å². The van der Waals surface area contributed by atoms with Gasteiger partial charge in [0.2, 0.25) is 5.91 Å². The first-order valence-electron chi connectivity index (χ1n) is 7.99. The van der Waals surface area contributed by atoms with Gasteiger partial charge in [0.05, 0.1) is 23.5 Å². The van der Waals surface area contributed by atoms with Gasteiger partial charge in [-0.3, -0.25) is 9.59 Å². The normalized spacial score (nSPS) is 12.0. The molecule has 0 fully saturated rings. The lowest BCUT2D eigenvalue weighted by molar-refractivity contribution is -0.122. The number of rotatable bonds is 5. The van der Waals surface area contributed by atoms with E-state index in [0.717, 1.165) is 17.4 Å². The van der Waals surface area contributed by atoms with Crippen molar-refractivity contribution in [1.82, 2.24) is 15.5 Å². The van der Waals surface area contributed by atoms with Gasteiger partial charge in [-0.2, -0.15) is 5.10 Å². The maximum Gasteiger partial charge on any atom is 0.272 e. The Morgan fingerprint density at radius 1 is 1.08 bits per heavy atom. The summed E-state index contributed by atoms with van der Waals surface area (Å²) in [7, 11) is 0. The summed E-state index contributed by atoms with van der Waals surface area (Å²) < 4.78 is 0. The molecule has 122 valence electrons. The molecule has 0 aliphatic heterocycles. The van der Waals surface area contributed by atoms with E-state index in [2.05, 4.69) is 15.5 Å². The number of benzene rings is 2. The van der Waals surface area contributed by atoms with Gasteiger partial charge in [0, 0.05) is 5.39 Å². The monoisotopic (exact) mass is 321 g/mol. The van der Waals surface area contributed by atoms with Crippen molar-refractivity contribution in [1.29, 1.82) is 0 Å². The van der Waals surface area contributed by atoms with Gasteiger partial charge in [-0.25, -0.2) is 5.10 Å². The molecule has 1 aromatic heterocycles. The van der Waals surface area contributed by atoms with Crippen LogP contribution >= 0.6 is 0 Å². The Balaban J connectivity index is 1.79. The van der Waals surface area contributed by atoms with E-state index in [1.807, 2.05) is 55.5 Å². The summed E-state index contributed by atoms with van der Waals surface area (Å²) in [5.74, 6) is -0.235. The molecule has 0 saturated heterocycles. The Labute approximate surface area is 139 Å². The third kappa shape index (κ3) is 3.20. The second-order valence-electron chi connectivity index (χ2n) is 5.63. The highest BCUT2D eigenvalue weighted by atomic mass is 16.2. The minimum absolute atomic E-state index is 0.0409. The number of nitrogens with zero attached hydrogens (tertiary/aromatic N) is 1. The van der Waals surface area contributed by atoms with Crippen molar-refractivity contribution in [2.75, 3.05) is 0 Å². The molecule has 1 atom stereocenters. The van der Waals surface area contributed by atoms with Gasteiger partial charge in [0.25, 0.3) is 5.56 Å². The fraction of sp³-hybridized carbons (Fsp3) is 0.211. The number of nitrogens with one attached hydrogen (secondary N) is 2. The molecule has 0 radical (unpaired) electrons. The number of hydrogen-bond acceptors (Lipinski definition) is 3. The summed E-state index contributed by atoms with van der Waals surface area (Å²) in [6.45, 7) is 2.27. The summed E-state index contributed by atoms with van der Waals surface area (Å²) in [6, 6.07) is 17.0. The van der Waals surface area contributed by atoms with Crippen LogP contribution < -0.4 is 10.9 Å².